The van der Waals surface area contributed by atoms with Gasteiger partial charge in [0.2, 0.25) is 5.89 Å². The third-order valence-electron chi connectivity index (χ3n) is 3.59. The predicted molar refractivity (Wildman–Crippen MR) is 83.3 cm³/mol. The topological polar surface area (TPSA) is 43.1 Å². The lowest BCUT2D eigenvalue weighted by Gasteiger charge is -2.00. The van der Waals surface area contributed by atoms with E-state index in [1.165, 1.54) is 4.88 Å². The first kappa shape index (κ1) is 12.3. The second kappa shape index (κ2) is 4.53. The Bertz CT molecular complexity index is 864. The molecular formula is C15H10BrNO2S. The summed E-state index contributed by atoms with van der Waals surface area (Å²) in [5.41, 5.74) is 1.72. The molecule has 0 spiro atoms. The lowest BCUT2D eigenvalue weighted by atomic mass is 10.2. The van der Waals surface area contributed by atoms with E-state index in [1.54, 1.807) is 11.3 Å². The molecule has 0 atom stereocenters. The summed E-state index contributed by atoms with van der Waals surface area (Å²) in [7, 11) is 0. The van der Waals surface area contributed by atoms with Gasteiger partial charge in [-0.25, -0.2) is 9.78 Å². The van der Waals surface area contributed by atoms with Crippen LogP contribution < -0.4 is 5.63 Å². The van der Waals surface area contributed by atoms with Crippen LogP contribution in [0.1, 0.15) is 16.9 Å². The molecule has 100 valence electrons. The number of fused-ring (bicyclic) bond motifs is 3. The maximum absolute atomic E-state index is 12.3. The van der Waals surface area contributed by atoms with Crippen LogP contribution in [0, 0.1) is 0 Å². The van der Waals surface area contributed by atoms with Crippen LogP contribution in [0.25, 0.3) is 21.7 Å². The van der Waals surface area contributed by atoms with Crippen LogP contribution in [-0.4, -0.2) is 4.98 Å². The third-order valence-corrected chi connectivity index (χ3v) is 5.30. The average Bonchev–Trinajstić information content (AvgIpc) is 2.99. The van der Waals surface area contributed by atoms with Crippen molar-refractivity contribution in [2.75, 3.05) is 0 Å². The summed E-state index contributed by atoms with van der Waals surface area (Å²) in [6, 6.07) is 7.61. The minimum Gasteiger partial charge on any atom is -0.403 e. The average molecular weight is 348 g/mol. The molecule has 20 heavy (non-hydrogen) atoms. The molecule has 1 aromatic carbocycles. The minimum absolute atomic E-state index is 0.257. The monoisotopic (exact) mass is 347 g/mol. The van der Waals surface area contributed by atoms with Crippen molar-refractivity contribution in [1.82, 2.24) is 4.98 Å². The molecule has 1 aliphatic rings. The lowest BCUT2D eigenvalue weighted by molar-refractivity contribution is 0.518. The van der Waals surface area contributed by atoms with Crippen molar-refractivity contribution in [3.63, 3.8) is 0 Å². The Hall–Kier alpha value is -1.46. The Morgan fingerprint density at radius 2 is 2.00 bits per heavy atom. The van der Waals surface area contributed by atoms with E-state index in [4.69, 9.17) is 4.42 Å². The molecule has 0 saturated carbocycles. The lowest BCUT2D eigenvalue weighted by Crippen LogP contribution is -2.02. The number of thiophene rings is 1. The number of rotatable bonds is 1. The van der Waals surface area contributed by atoms with E-state index in [1.807, 2.05) is 24.3 Å². The van der Waals surface area contributed by atoms with Crippen molar-refractivity contribution in [3.8, 4) is 11.5 Å². The molecule has 0 unspecified atom stereocenters. The van der Waals surface area contributed by atoms with Gasteiger partial charge in [0.15, 0.2) is 0 Å². The second-order valence-electron chi connectivity index (χ2n) is 4.85. The summed E-state index contributed by atoms with van der Waals surface area (Å²) in [6.07, 6.45) is 3.16. The summed E-state index contributed by atoms with van der Waals surface area (Å²) in [5, 5.41) is 0.698. The molecule has 0 fully saturated rings. The molecule has 3 nitrogen and oxygen atoms in total. The van der Waals surface area contributed by atoms with Gasteiger partial charge in [0.1, 0.15) is 10.2 Å². The van der Waals surface area contributed by atoms with E-state index in [2.05, 4.69) is 20.9 Å². The van der Waals surface area contributed by atoms with Gasteiger partial charge in [-0.05, 0) is 49.1 Å². The largest absolute Gasteiger partial charge is 0.403 e. The van der Waals surface area contributed by atoms with E-state index >= 15 is 0 Å². The van der Waals surface area contributed by atoms with Gasteiger partial charge >= 0.3 is 5.63 Å². The zero-order chi connectivity index (χ0) is 13.7. The molecule has 0 radical (unpaired) electrons. The number of aromatic nitrogens is 1. The Morgan fingerprint density at radius 1 is 1.20 bits per heavy atom. The minimum atomic E-state index is -0.257. The normalized spacial score (nSPS) is 13.8. The Kier molecular flexibility index (Phi) is 2.79. The van der Waals surface area contributed by atoms with E-state index in [-0.39, 0.29) is 5.63 Å². The molecule has 0 bridgehead atoms. The molecule has 0 saturated heterocycles. The number of hydrogen-bond acceptors (Lipinski definition) is 4. The fourth-order valence-corrected chi connectivity index (χ4v) is 4.16. The van der Waals surface area contributed by atoms with Crippen molar-refractivity contribution in [1.29, 1.82) is 0 Å². The molecule has 3 aromatic rings. The quantitative estimate of drug-likeness (QED) is 0.663. The molecule has 0 aliphatic heterocycles. The molecule has 2 heterocycles. The first-order valence-corrected chi connectivity index (χ1v) is 8.04. The van der Waals surface area contributed by atoms with Crippen LogP contribution in [0.15, 0.2) is 37.9 Å². The van der Waals surface area contributed by atoms with Gasteiger partial charge in [-0.2, -0.15) is 0 Å². The maximum atomic E-state index is 12.3. The molecule has 2 aromatic heterocycles. The predicted octanol–water partition coefficient (Wildman–Crippen LogP) is 4.17. The molecule has 5 heteroatoms. The van der Waals surface area contributed by atoms with Gasteiger partial charge in [0.25, 0.3) is 0 Å². The molecule has 1 aliphatic carbocycles. The second-order valence-corrected chi connectivity index (χ2v) is 6.85. The van der Waals surface area contributed by atoms with Gasteiger partial charge in [-0.3, -0.25) is 0 Å². The van der Waals surface area contributed by atoms with Crippen molar-refractivity contribution in [2.45, 2.75) is 19.3 Å². The molecular weight excluding hydrogens is 338 g/mol. The fourth-order valence-electron chi connectivity index (χ4n) is 2.65. The maximum Gasteiger partial charge on any atom is 0.348 e. The van der Waals surface area contributed by atoms with Crippen molar-refractivity contribution >= 4 is 37.5 Å². The van der Waals surface area contributed by atoms with E-state index in [0.717, 1.165) is 39.7 Å². The van der Waals surface area contributed by atoms with Crippen LogP contribution >= 0.6 is 27.3 Å². The first-order valence-electron chi connectivity index (χ1n) is 6.44. The van der Waals surface area contributed by atoms with E-state index < -0.39 is 0 Å². The standard InChI is InChI=1S/C15H10BrNO2S/c16-9-6-4-8(5-7-9)13-17-14-12(15(18)19-13)10-2-1-3-11(10)20-14/h4-7H,1-3H2. The highest BCUT2D eigenvalue weighted by molar-refractivity contribution is 9.10. The van der Waals surface area contributed by atoms with Crippen LogP contribution in [0.2, 0.25) is 0 Å². The highest BCUT2D eigenvalue weighted by Crippen LogP contribution is 2.35. The zero-order valence-electron chi connectivity index (χ0n) is 10.5. The summed E-state index contributed by atoms with van der Waals surface area (Å²) in [6.45, 7) is 0. The van der Waals surface area contributed by atoms with Crippen molar-refractivity contribution in [2.24, 2.45) is 0 Å². The molecule has 0 amide bonds. The van der Waals surface area contributed by atoms with Crippen LogP contribution in [-0.2, 0) is 12.8 Å². The van der Waals surface area contributed by atoms with E-state index in [0.29, 0.717) is 11.3 Å². The number of hydrogen-bond donors (Lipinski definition) is 0. The highest BCUT2D eigenvalue weighted by atomic mass is 79.9. The molecule has 0 N–H and O–H groups in total. The smallest absolute Gasteiger partial charge is 0.348 e. The van der Waals surface area contributed by atoms with Gasteiger partial charge < -0.3 is 4.42 Å². The Labute approximate surface area is 127 Å². The summed E-state index contributed by atoms with van der Waals surface area (Å²) < 4.78 is 6.41. The fraction of sp³-hybridized carbons (Fsp3) is 0.200. The van der Waals surface area contributed by atoms with Crippen LogP contribution in [0.4, 0.5) is 0 Å². The van der Waals surface area contributed by atoms with Gasteiger partial charge in [0.05, 0.1) is 0 Å². The zero-order valence-corrected chi connectivity index (χ0v) is 12.9. The summed E-state index contributed by atoms with van der Waals surface area (Å²) >= 11 is 5.02. The van der Waals surface area contributed by atoms with E-state index in [9.17, 15) is 4.79 Å². The summed E-state index contributed by atoms with van der Waals surface area (Å²) in [4.78, 5) is 18.9. The van der Waals surface area contributed by atoms with Crippen molar-refractivity contribution in [3.05, 3.63) is 49.6 Å². The Balaban J connectivity index is 1.95. The molecule has 4 rings (SSSR count). The Morgan fingerprint density at radius 3 is 2.80 bits per heavy atom. The number of halogens is 1. The number of nitrogens with zero attached hydrogens (tertiary/aromatic N) is 1. The number of benzene rings is 1. The van der Waals surface area contributed by atoms with Crippen LogP contribution in [0.3, 0.4) is 0 Å². The highest BCUT2D eigenvalue weighted by Gasteiger charge is 2.22. The first-order chi connectivity index (χ1) is 9.72. The SMILES string of the molecule is O=c1oc(-c2ccc(Br)cc2)nc2sc3c(c12)CCC3. The van der Waals surface area contributed by atoms with Gasteiger partial charge in [-0.1, -0.05) is 15.9 Å². The number of aryl methyl sites for hydroxylation is 2. The summed E-state index contributed by atoms with van der Waals surface area (Å²) in [5.74, 6) is 0.398. The van der Waals surface area contributed by atoms with Crippen molar-refractivity contribution < 1.29 is 4.42 Å². The van der Waals surface area contributed by atoms with Gasteiger partial charge in [-0.15, -0.1) is 11.3 Å². The third kappa shape index (κ3) is 1.84. The van der Waals surface area contributed by atoms with Gasteiger partial charge in [0, 0.05) is 14.9 Å². The van der Waals surface area contributed by atoms with Crippen LogP contribution in [0.5, 0.6) is 0 Å².